The SMILES string of the molecule is C.CC(C)(C)OC(=O)N1CC(=CC#N)C1.CC(C)(C)OC(=O)N1CC(CC#N)(n2cc(-c3ncnc4c3ccn4COCC[Si](C)(C)C)cn2)C1.CCS(=O)(=O)Cl.CCS(=O)(=O)N1CC(CC#N)(n2cc(-c3ncnc4c3ccn4COCC[Si](C)(C)C)cn2)C1.C[Si](C)(C)CCOCn1ccc2c(-c3cn[nH]c3)ncnc21.C[Si](C)(C)CCOCn1ccc2c(-c3cnn(C4(CC#N)CNC4)c3)ncnc21.F[B-](F)(F)F.[Li+]. The molecule has 2 N–H and O–H groups in total. The number of nitrogens with one attached hydrogen (secondary N) is 2. The number of hydrogen-bond acceptors (Lipinski definition) is 29. The van der Waals surface area contributed by atoms with E-state index in [-0.39, 0.29) is 81.4 Å². The van der Waals surface area contributed by atoms with E-state index in [9.17, 15) is 59.5 Å². The first-order valence-electron chi connectivity index (χ1n) is 47.7. The van der Waals surface area contributed by atoms with Crippen LogP contribution in [0.4, 0.5) is 26.9 Å². The summed E-state index contributed by atoms with van der Waals surface area (Å²) in [6.07, 6.45) is 30.4. The Bertz CT molecular complexity index is 6850. The fourth-order valence-corrected chi connectivity index (χ4v) is 19.4. The van der Waals surface area contributed by atoms with Gasteiger partial charge in [0.1, 0.15) is 103 Å². The summed E-state index contributed by atoms with van der Waals surface area (Å²) in [7, 11) is -12.2. The van der Waals surface area contributed by atoms with E-state index in [4.69, 9.17) is 33.7 Å². The number of nitriles is 4. The number of fused-ring (bicyclic) bond motifs is 4. The van der Waals surface area contributed by atoms with Gasteiger partial charge < -0.3 is 79.1 Å². The van der Waals surface area contributed by atoms with Gasteiger partial charge in [0.15, 0.2) is 0 Å². The van der Waals surface area contributed by atoms with Crippen LogP contribution in [0.3, 0.4) is 0 Å². The Morgan fingerprint density at radius 3 is 1.05 bits per heavy atom. The first-order valence-corrected chi connectivity index (χ1v) is 66.6. The Hall–Kier alpha value is -11.2. The summed E-state index contributed by atoms with van der Waals surface area (Å²) in [4.78, 5) is 62.7. The van der Waals surface area contributed by atoms with E-state index in [0.29, 0.717) is 59.5 Å². The van der Waals surface area contributed by atoms with Crippen LogP contribution in [0.5, 0.6) is 0 Å². The van der Waals surface area contributed by atoms with Gasteiger partial charge >= 0.3 is 38.3 Å². The van der Waals surface area contributed by atoms with Crippen LogP contribution >= 0.6 is 10.7 Å². The Balaban J connectivity index is 0.000000224. The standard InChI is InChI=1S/C25H35N7O3Si.C22H31N7O3SSi.C20H27N7OSi.C15H21N5OSi.C10H14N2O2.C2H5ClO2S.CH4.BF4.Li/c1-24(2,3)35-23(33)31-15-25(16-31,8-9-26)32-14-19(13-29-32)21-20-7-10-30(22(20)28-17-27-21)18-34-11-12-36(4,5)6;1-5-33(30,31)28-14-22(15-28,7-8-23)29-13-18(12-26-29)20-19-6-9-27(21(19)25-16-24-20)17-32-10-11-34(2,3)4;1-29(2,3)9-8-28-15-26-7-4-17-18(23-14-24-19(17)26)16-10-25-27(11-16)20(5-6-21)12-22-13-20;1-22(2,3)7-6-21-11-20-5-4-13-14(12-8-18-19-9-12)16-10-17-15(13)20;1-10(2,3)14-9(13)12-6-8(7-12)4-5-11;1-2-6(3,4)5;;2-1(3,4)5;/h7,10,13-14,17H,8,11-12,15-16,18H2,1-6H3;6,9,12-13,16H,5,7,10-11,14-15,17H2,1-4H3;4,7,10-11,14,22H,5,8-9,12-13,15H2,1-3H3;4-5,8-10H,6-7,11H2,1-3H3,(H,18,19);4H,6-7H2,1-3H3;2H2,1H3;1H4;;/q;;;;;;;-1;+1. The molecule has 0 spiro atoms. The molecule has 53 heteroatoms. The van der Waals surface area contributed by atoms with Gasteiger partial charge in [-0.25, -0.2) is 66.3 Å². The van der Waals surface area contributed by atoms with E-state index in [1.807, 2.05) is 151 Å². The van der Waals surface area contributed by atoms with Crippen LogP contribution in [0, 0.1) is 45.3 Å². The summed E-state index contributed by atoms with van der Waals surface area (Å²) >= 11 is 0. The normalized spacial score (nSPS) is 14.8. The number of carbonyl (C=O) groups is 2. The third kappa shape index (κ3) is 35.2. The van der Waals surface area contributed by atoms with Crippen molar-refractivity contribution >= 4 is 126 Å². The van der Waals surface area contributed by atoms with Crippen molar-refractivity contribution in [2.75, 3.05) is 90.3 Å². The maximum Gasteiger partial charge on any atom is 1.00 e. The predicted octanol–water partition coefficient (Wildman–Crippen LogP) is 14.5. The van der Waals surface area contributed by atoms with Crippen molar-refractivity contribution in [1.82, 2.24) is 117 Å². The monoisotopic (exact) mass is 2170 g/mol. The zero-order valence-electron chi connectivity index (χ0n) is 87.6. The van der Waals surface area contributed by atoms with Gasteiger partial charge in [-0.05, 0) is 102 Å². The van der Waals surface area contributed by atoms with Gasteiger partial charge in [-0.15, -0.1) is 0 Å². The molecule has 16 rings (SSSR count). The Morgan fingerprint density at radius 2 is 0.784 bits per heavy atom. The molecule has 4 saturated heterocycles. The van der Waals surface area contributed by atoms with Gasteiger partial charge in [-0.2, -0.15) is 45.7 Å². The van der Waals surface area contributed by atoms with Crippen LogP contribution in [0.15, 0.2) is 136 Å². The molecule has 0 aromatic carbocycles. The van der Waals surface area contributed by atoms with Gasteiger partial charge in [0.25, 0.3) is 0 Å². The quantitative estimate of drug-likeness (QED) is 0.0127. The zero-order chi connectivity index (χ0) is 107. The number of carbonyl (C=O) groups excluding carboxylic acids is 2. The molecular formula is C95H137BClF4LiN28O12S2Si4. The number of amides is 2. The molecular weight excluding hydrogens is 2030 g/mol. The maximum atomic E-state index is 12.4. The minimum atomic E-state index is -6.00. The molecule has 0 bridgehead atoms. The summed E-state index contributed by atoms with van der Waals surface area (Å²) in [6.45, 7) is 50.8. The molecule has 0 atom stereocenters. The third-order valence-corrected chi connectivity index (χ3v) is 33.4. The van der Waals surface area contributed by atoms with E-state index < -0.39 is 80.9 Å². The molecule has 12 aromatic heterocycles. The third-order valence-electron chi connectivity index (χ3n) is 23.4. The van der Waals surface area contributed by atoms with Crippen molar-refractivity contribution in [3.63, 3.8) is 0 Å². The number of hydrogen-bond donors (Lipinski definition) is 2. The number of ether oxygens (including phenoxy) is 6. The number of halogens is 5. The molecule has 796 valence electrons. The molecule has 12 aromatic rings. The summed E-state index contributed by atoms with van der Waals surface area (Å²) in [6, 6.07) is 21.2. The molecule has 0 unspecified atom stereocenters. The van der Waals surface area contributed by atoms with E-state index in [1.54, 1.807) is 63.7 Å². The Kier molecular flexibility index (Phi) is 42.8. The summed E-state index contributed by atoms with van der Waals surface area (Å²) in [5.41, 5.74) is 8.50. The molecule has 148 heavy (non-hydrogen) atoms. The van der Waals surface area contributed by atoms with Gasteiger partial charge in [0.2, 0.25) is 19.1 Å². The van der Waals surface area contributed by atoms with E-state index >= 15 is 0 Å². The van der Waals surface area contributed by atoms with Gasteiger partial charge in [0, 0.05) is 208 Å². The second-order valence-electron chi connectivity index (χ2n) is 42.8. The Labute approximate surface area is 883 Å². The van der Waals surface area contributed by atoms with Crippen molar-refractivity contribution in [3.05, 3.63) is 136 Å². The fourth-order valence-electron chi connectivity index (χ4n) is 15.1. The molecule has 0 aliphatic carbocycles. The molecule has 0 saturated carbocycles. The number of aromatic nitrogens is 20. The molecule has 16 heterocycles. The second kappa shape index (κ2) is 52.0. The summed E-state index contributed by atoms with van der Waals surface area (Å²) < 4.78 is 132. The molecule has 4 fully saturated rings. The zero-order valence-corrected chi connectivity index (χ0v) is 94.0. The minimum Gasteiger partial charge on any atom is -0.444 e. The second-order valence-corrected chi connectivity index (χ2v) is 70.6. The van der Waals surface area contributed by atoms with Gasteiger partial charge in [0.05, 0.1) is 116 Å². The van der Waals surface area contributed by atoms with Crippen molar-refractivity contribution < 1.29 is 91.0 Å². The number of allylic oxidation sites excluding steroid dienone is 1. The number of rotatable bonds is 33. The summed E-state index contributed by atoms with van der Waals surface area (Å²) in [5, 5.41) is 63.8. The van der Waals surface area contributed by atoms with Crippen LogP contribution in [0.2, 0.25) is 103 Å². The fraction of sp³-hybridized carbons (Fsp3) is 0.537. The van der Waals surface area contributed by atoms with Gasteiger partial charge in [-0.1, -0.05) is 92.9 Å². The topological polar surface area (TPSA) is 480 Å². The first-order chi connectivity index (χ1) is 68.4. The van der Waals surface area contributed by atoms with Crippen LogP contribution in [0.1, 0.15) is 82.1 Å². The van der Waals surface area contributed by atoms with E-state index in [1.165, 1.54) is 29.7 Å². The number of H-pyrrole nitrogens is 1. The number of nitrogens with zero attached hydrogens (tertiary/aromatic N) is 26. The minimum absolute atomic E-state index is 0. The van der Waals surface area contributed by atoms with Crippen molar-refractivity contribution in [2.45, 2.75) is 240 Å². The summed E-state index contributed by atoms with van der Waals surface area (Å²) in [5.74, 6) is 0.0479. The van der Waals surface area contributed by atoms with E-state index in [2.05, 4.69) is 178 Å². The number of sulfonamides is 1. The van der Waals surface area contributed by atoms with Crippen LogP contribution < -0.4 is 24.2 Å². The number of aromatic amines is 1. The Morgan fingerprint density at radius 1 is 0.480 bits per heavy atom. The molecule has 40 nitrogen and oxygen atoms in total. The molecule has 4 aliphatic rings. The molecule has 2 amide bonds. The average Bonchev–Trinajstić information content (AvgIpc) is 1.38. The van der Waals surface area contributed by atoms with Crippen molar-refractivity contribution in [1.29, 1.82) is 21.0 Å². The van der Waals surface area contributed by atoms with Crippen molar-refractivity contribution in [3.8, 4) is 69.3 Å². The smallest absolute Gasteiger partial charge is 0.444 e. The van der Waals surface area contributed by atoms with Gasteiger partial charge in [-0.3, -0.25) is 19.1 Å². The largest absolute Gasteiger partial charge is 1.00 e. The van der Waals surface area contributed by atoms with Crippen LogP contribution in [0.25, 0.3) is 89.2 Å². The predicted molar refractivity (Wildman–Crippen MR) is 568 cm³/mol. The van der Waals surface area contributed by atoms with Crippen LogP contribution in [-0.2, 0) is 91.0 Å². The number of likely N-dealkylation sites (tertiary alicyclic amines) is 2. The molecule has 4 aliphatic heterocycles. The average molecular weight is 2170 g/mol. The first kappa shape index (κ1) is 122. The maximum absolute atomic E-state index is 12.4. The van der Waals surface area contributed by atoms with Crippen molar-refractivity contribution in [2.24, 2.45) is 0 Å². The van der Waals surface area contributed by atoms with E-state index in [0.717, 1.165) is 152 Å². The molecule has 0 radical (unpaired) electrons. The van der Waals surface area contributed by atoms with Crippen LogP contribution in [-0.4, -0.2) is 282 Å².